The Morgan fingerprint density at radius 3 is 3.00 bits per heavy atom. The molecule has 0 spiro atoms. The Bertz CT molecular complexity index is 488. The van der Waals surface area contributed by atoms with Gasteiger partial charge < -0.3 is 5.32 Å². The molecule has 1 aromatic rings. The molecule has 2 nitrogen and oxygen atoms in total. The number of nitriles is 1. The average molecular weight is 346 g/mol. The first-order valence-electron chi connectivity index (χ1n) is 5.83. The Morgan fingerprint density at radius 1 is 1.61 bits per heavy atom. The van der Waals surface area contributed by atoms with Gasteiger partial charge in [0, 0.05) is 15.4 Å². The van der Waals surface area contributed by atoms with Crippen LogP contribution in [-0.2, 0) is 0 Å². The fraction of sp³-hybridized carbons (Fsp3) is 0.462. The lowest BCUT2D eigenvalue weighted by molar-refractivity contribution is 0.513. The van der Waals surface area contributed by atoms with Crippen LogP contribution in [0.2, 0.25) is 5.02 Å². The van der Waals surface area contributed by atoms with E-state index in [0.29, 0.717) is 5.02 Å². The lowest BCUT2D eigenvalue weighted by atomic mass is 9.91. The van der Waals surface area contributed by atoms with Gasteiger partial charge in [0.1, 0.15) is 5.54 Å². The van der Waals surface area contributed by atoms with E-state index >= 15 is 0 Å². The first-order valence-corrected chi connectivity index (χ1v) is 8.05. The van der Waals surface area contributed by atoms with Crippen molar-refractivity contribution in [3.05, 3.63) is 27.7 Å². The third-order valence-electron chi connectivity index (χ3n) is 3.26. The summed E-state index contributed by atoms with van der Waals surface area (Å²) in [5.41, 5.74) is 0.457. The number of halogens is 2. The number of hydrogen-bond donors (Lipinski definition) is 1. The van der Waals surface area contributed by atoms with E-state index in [1.54, 1.807) is 0 Å². The van der Waals surface area contributed by atoms with Crippen LogP contribution in [0.5, 0.6) is 0 Å². The van der Waals surface area contributed by atoms with Crippen molar-refractivity contribution < 1.29 is 0 Å². The highest BCUT2D eigenvalue weighted by Gasteiger charge is 2.39. The first kappa shape index (κ1) is 14.0. The van der Waals surface area contributed by atoms with Crippen LogP contribution in [0.25, 0.3) is 0 Å². The topological polar surface area (TPSA) is 35.8 Å². The summed E-state index contributed by atoms with van der Waals surface area (Å²) in [7, 11) is 0. The van der Waals surface area contributed by atoms with Gasteiger partial charge in [0.25, 0.3) is 0 Å². The maximum Gasteiger partial charge on any atom is 0.137 e. The maximum absolute atomic E-state index is 9.53. The second kappa shape index (κ2) is 5.73. The number of benzene rings is 1. The van der Waals surface area contributed by atoms with E-state index in [1.807, 2.05) is 30.0 Å². The quantitative estimate of drug-likeness (QED) is 0.844. The zero-order chi connectivity index (χ0) is 13.2. The summed E-state index contributed by atoms with van der Waals surface area (Å²) in [6.07, 6.45) is 1.96. The molecule has 0 aliphatic carbocycles. The Balaban J connectivity index is 2.24. The van der Waals surface area contributed by atoms with E-state index in [1.165, 1.54) is 0 Å². The molecule has 2 atom stereocenters. The van der Waals surface area contributed by atoms with Crippen LogP contribution < -0.4 is 5.32 Å². The summed E-state index contributed by atoms with van der Waals surface area (Å²) in [6, 6.07) is 8.14. The molecule has 0 saturated carbocycles. The molecule has 18 heavy (non-hydrogen) atoms. The van der Waals surface area contributed by atoms with Crippen LogP contribution in [0.4, 0.5) is 5.69 Å². The van der Waals surface area contributed by atoms with E-state index in [9.17, 15) is 5.26 Å². The van der Waals surface area contributed by atoms with Crippen molar-refractivity contribution in [3.8, 4) is 6.07 Å². The molecule has 0 aromatic heterocycles. The zero-order valence-electron chi connectivity index (χ0n) is 10.0. The van der Waals surface area contributed by atoms with Crippen LogP contribution in [0.3, 0.4) is 0 Å². The molecule has 1 fully saturated rings. The van der Waals surface area contributed by atoms with Crippen molar-refractivity contribution in [2.75, 3.05) is 11.1 Å². The largest absolute Gasteiger partial charge is 0.366 e. The fourth-order valence-electron chi connectivity index (χ4n) is 2.13. The van der Waals surface area contributed by atoms with Gasteiger partial charge in [0.15, 0.2) is 0 Å². The van der Waals surface area contributed by atoms with Gasteiger partial charge in [-0.1, -0.05) is 11.6 Å². The highest BCUT2D eigenvalue weighted by molar-refractivity contribution is 9.10. The summed E-state index contributed by atoms with van der Waals surface area (Å²) >= 11 is 11.2. The minimum Gasteiger partial charge on any atom is -0.366 e. The molecule has 2 unspecified atom stereocenters. The van der Waals surface area contributed by atoms with Crippen LogP contribution in [0, 0.1) is 11.3 Å². The fourth-order valence-corrected chi connectivity index (χ4v) is 3.80. The van der Waals surface area contributed by atoms with Gasteiger partial charge in [-0.05, 0) is 59.6 Å². The van der Waals surface area contributed by atoms with Crippen LogP contribution in [0.1, 0.15) is 19.8 Å². The first-order chi connectivity index (χ1) is 8.57. The molecule has 1 heterocycles. The molecule has 1 aliphatic rings. The maximum atomic E-state index is 9.53. The molecule has 0 amide bonds. The van der Waals surface area contributed by atoms with E-state index < -0.39 is 5.54 Å². The third kappa shape index (κ3) is 2.79. The lowest BCUT2D eigenvalue weighted by Gasteiger charge is -2.37. The standard InChI is InChI=1S/C13H14BrClN2S/c1-9-13(8-16,5-2-6-18-9)17-10-3-4-12(15)11(14)7-10/h3-4,7,9,17H,2,5-6H2,1H3. The van der Waals surface area contributed by atoms with Gasteiger partial charge in [-0.3, -0.25) is 0 Å². The van der Waals surface area contributed by atoms with Crippen molar-refractivity contribution in [1.82, 2.24) is 0 Å². The molecule has 96 valence electrons. The molecular formula is C13H14BrClN2S. The second-order valence-electron chi connectivity index (χ2n) is 4.45. The molecule has 0 bridgehead atoms. The van der Waals surface area contributed by atoms with Gasteiger partial charge >= 0.3 is 0 Å². The molecule has 1 aromatic carbocycles. The normalized spacial score (nSPS) is 27.6. The summed E-state index contributed by atoms with van der Waals surface area (Å²) in [4.78, 5) is 0. The van der Waals surface area contributed by atoms with E-state index in [4.69, 9.17) is 11.6 Å². The summed E-state index contributed by atoms with van der Waals surface area (Å²) in [5, 5.41) is 13.9. The Hall–Kier alpha value is -0.370. The minimum atomic E-state index is -0.476. The third-order valence-corrected chi connectivity index (χ3v) is 5.90. The van der Waals surface area contributed by atoms with Gasteiger partial charge in [-0.25, -0.2) is 0 Å². The monoisotopic (exact) mass is 344 g/mol. The van der Waals surface area contributed by atoms with Crippen LogP contribution >= 0.6 is 39.3 Å². The predicted molar refractivity (Wildman–Crippen MR) is 82.3 cm³/mol. The zero-order valence-corrected chi connectivity index (χ0v) is 13.2. The van der Waals surface area contributed by atoms with Gasteiger partial charge in [0.2, 0.25) is 0 Å². The number of nitrogens with one attached hydrogen (secondary N) is 1. The molecular weight excluding hydrogens is 332 g/mol. The van der Waals surface area contributed by atoms with Crippen molar-refractivity contribution >= 4 is 45.0 Å². The molecule has 1 aliphatic heterocycles. The minimum absolute atomic E-state index is 0.283. The highest BCUT2D eigenvalue weighted by atomic mass is 79.9. The number of thioether (sulfide) groups is 1. The summed E-state index contributed by atoms with van der Waals surface area (Å²) in [6.45, 7) is 2.12. The smallest absolute Gasteiger partial charge is 0.137 e. The number of anilines is 1. The molecule has 5 heteroatoms. The van der Waals surface area contributed by atoms with Crippen molar-refractivity contribution in [2.24, 2.45) is 0 Å². The van der Waals surface area contributed by atoms with Gasteiger partial charge in [-0.15, -0.1) is 0 Å². The molecule has 0 radical (unpaired) electrons. The molecule has 2 rings (SSSR count). The second-order valence-corrected chi connectivity index (χ2v) is 7.16. The summed E-state index contributed by atoms with van der Waals surface area (Å²) < 4.78 is 0.846. The van der Waals surface area contributed by atoms with E-state index in [2.05, 4.69) is 34.2 Å². The van der Waals surface area contributed by atoms with Crippen molar-refractivity contribution in [3.63, 3.8) is 0 Å². The number of hydrogen-bond acceptors (Lipinski definition) is 3. The van der Waals surface area contributed by atoms with Crippen LogP contribution in [0.15, 0.2) is 22.7 Å². The SMILES string of the molecule is CC1SCCCC1(C#N)Nc1ccc(Cl)c(Br)c1. The van der Waals surface area contributed by atoms with Crippen LogP contribution in [-0.4, -0.2) is 16.5 Å². The lowest BCUT2D eigenvalue weighted by Crippen LogP contribution is -2.47. The van der Waals surface area contributed by atoms with Crippen molar-refractivity contribution in [1.29, 1.82) is 5.26 Å². The number of rotatable bonds is 2. The summed E-state index contributed by atoms with van der Waals surface area (Å²) in [5.74, 6) is 1.14. The Labute approximate surface area is 125 Å². The predicted octanol–water partition coefficient (Wildman–Crippen LogP) is 4.69. The molecule has 1 saturated heterocycles. The van der Waals surface area contributed by atoms with Gasteiger partial charge in [-0.2, -0.15) is 17.0 Å². The highest BCUT2D eigenvalue weighted by Crippen LogP contribution is 2.37. The van der Waals surface area contributed by atoms with E-state index in [0.717, 1.165) is 28.8 Å². The Kier molecular flexibility index (Phi) is 4.47. The van der Waals surface area contributed by atoms with Crippen molar-refractivity contribution in [2.45, 2.75) is 30.6 Å². The average Bonchev–Trinajstić information content (AvgIpc) is 2.37. The Morgan fingerprint density at radius 2 is 2.39 bits per heavy atom. The van der Waals surface area contributed by atoms with Gasteiger partial charge in [0.05, 0.1) is 11.1 Å². The van der Waals surface area contributed by atoms with E-state index in [-0.39, 0.29) is 5.25 Å². The molecule has 1 N–H and O–H groups in total. The number of nitrogens with zero attached hydrogens (tertiary/aromatic N) is 1.